The largest absolute Gasteiger partial charge is 0.445 e. The van der Waals surface area contributed by atoms with Gasteiger partial charge in [-0.15, -0.1) is 0 Å². The lowest BCUT2D eigenvalue weighted by Gasteiger charge is -2.44. The van der Waals surface area contributed by atoms with Crippen LogP contribution in [0.5, 0.6) is 0 Å². The van der Waals surface area contributed by atoms with Gasteiger partial charge in [0.15, 0.2) is 8.32 Å². The summed E-state index contributed by atoms with van der Waals surface area (Å²) >= 11 is 0. The van der Waals surface area contributed by atoms with Crippen molar-refractivity contribution in [1.29, 1.82) is 0 Å². The molecule has 0 aromatic heterocycles. The summed E-state index contributed by atoms with van der Waals surface area (Å²) in [6.07, 6.45) is 0.484. The summed E-state index contributed by atoms with van der Waals surface area (Å²) in [5.74, 6) is -0.0190. The van der Waals surface area contributed by atoms with Gasteiger partial charge in [-0.3, -0.25) is 0 Å². The lowest BCUT2D eigenvalue weighted by molar-refractivity contribution is 0.0394. The number of rotatable bonds is 6. The van der Waals surface area contributed by atoms with Crippen LogP contribution in [0.1, 0.15) is 53.0 Å². The fourth-order valence-corrected chi connectivity index (χ4v) is 4.53. The molecule has 1 aromatic rings. The number of hydrogen-bond donors (Lipinski definition) is 2. The number of carbonyl (C=O) groups is 2. The van der Waals surface area contributed by atoms with Gasteiger partial charge >= 0.3 is 12.2 Å². The van der Waals surface area contributed by atoms with E-state index < -0.39 is 20.0 Å². The molecule has 2 amide bonds. The number of hydrogen-bond acceptors (Lipinski definition) is 5. The SMILES string of the molecule is CC(C)(C)OC(=O)N[C@@H]1CCN(C(=O)OCc2ccccc2)C[C@H]1CC(C)(C)[Si](C)(C)O. The van der Waals surface area contributed by atoms with E-state index in [9.17, 15) is 14.4 Å². The molecular formula is C24H40N2O5Si. The van der Waals surface area contributed by atoms with Crippen LogP contribution < -0.4 is 5.32 Å². The van der Waals surface area contributed by atoms with Crippen molar-refractivity contribution in [3.63, 3.8) is 0 Å². The fourth-order valence-electron chi connectivity index (χ4n) is 3.77. The predicted octanol–water partition coefficient (Wildman–Crippen LogP) is 4.91. The highest BCUT2D eigenvalue weighted by Crippen LogP contribution is 2.43. The summed E-state index contributed by atoms with van der Waals surface area (Å²) in [7, 11) is -2.46. The van der Waals surface area contributed by atoms with Gasteiger partial charge in [0.1, 0.15) is 12.2 Å². The van der Waals surface area contributed by atoms with E-state index in [1.807, 2.05) is 64.2 Å². The summed E-state index contributed by atoms with van der Waals surface area (Å²) in [6, 6.07) is 9.45. The Bertz CT molecular complexity index is 771. The molecule has 1 saturated heterocycles. The molecule has 0 aliphatic carbocycles. The van der Waals surface area contributed by atoms with Crippen molar-refractivity contribution in [3.8, 4) is 0 Å². The van der Waals surface area contributed by atoms with E-state index in [0.717, 1.165) is 5.56 Å². The van der Waals surface area contributed by atoms with Gasteiger partial charge in [0.2, 0.25) is 0 Å². The van der Waals surface area contributed by atoms with Crippen molar-refractivity contribution in [3.05, 3.63) is 35.9 Å². The lowest BCUT2D eigenvalue weighted by atomic mass is 9.85. The van der Waals surface area contributed by atoms with Gasteiger partial charge in [-0.05, 0) is 63.2 Å². The summed E-state index contributed by atoms with van der Waals surface area (Å²) in [6.45, 7) is 14.7. The maximum Gasteiger partial charge on any atom is 0.410 e. The van der Waals surface area contributed by atoms with Gasteiger partial charge in [-0.2, -0.15) is 0 Å². The number of likely N-dealkylation sites (tertiary alicyclic amines) is 1. The van der Waals surface area contributed by atoms with Crippen LogP contribution in [-0.4, -0.2) is 54.9 Å². The summed E-state index contributed by atoms with van der Waals surface area (Å²) in [5.41, 5.74) is 0.355. The van der Waals surface area contributed by atoms with Gasteiger partial charge in [0, 0.05) is 19.1 Å². The van der Waals surface area contributed by atoms with Crippen LogP contribution >= 0.6 is 0 Å². The molecule has 0 spiro atoms. The van der Waals surface area contributed by atoms with Crippen molar-refractivity contribution >= 4 is 20.5 Å². The highest BCUT2D eigenvalue weighted by atomic mass is 28.4. The maximum atomic E-state index is 12.7. The van der Waals surface area contributed by atoms with Gasteiger partial charge in [0.05, 0.1) is 0 Å². The minimum Gasteiger partial charge on any atom is -0.445 e. The first-order chi connectivity index (χ1) is 14.7. The Morgan fingerprint density at radius 3 is 2.34 bits per heavy atom. The molecule has 7 nitrogen and oxygen atoms in total. The van der Waals surface area contributed by atoms with Crippen LogP contribution in [-0.2, 0) is 16.1 Å². The number of carbonyl (C=O) groups excluding carboxylic acids is 2. The minimum atomic E-state index is -2.46. The fraction of sp³-hybridized carbons (Fsp3) is 0.667. The average molecular weight is 465 g/mol. The number of ether oxygens (including phenoxy) is 2. The molecule has 1 aliphatic rings. The third-order valence-corrected chi connectivity index (χ3v) is 9.84. The first kappa shape index (κ1) is 26.2. The number of alkyl carbamates (subject to hydrolysis) is 1. The number of piperidine rings is 1. The second-order valence-corrected chi connectivity index (χ2v) is 15.4. The smallest absolute Gasteiger partial charge is 0.410 e. The Kier molecular flexibility index (Phi) is 8.39. The highest BCUT2D eigenvalue weighted by Gasteiger charge is 2.43. The molecule has 32 heavy (non-hydrogen) atoms. The Morgan fingerprint density at radius 1 is 1.16 bits per heavy atom. The third kappa shape index (κ3) is 7.81. The third-order valence-electron chi connectivity index (χ3n) is 6.33. The molecule has 1 aliphatic heterocycles. The van der Waals surface area contributed by atoms with Crippen LogP contribution in [0.3, 0.4) is 0 Å². The summed E-state index contributed by atoms with van der Waals surface area (Å²) in [5, 5.41) is 2.72. The van der Waals surface area contributed by atoms with Gasteiger partial charge < -0.3 is 24.5 Å². The Balaban J connectivity index is 2.08. The lowest BCUT2D eigenvalue weighted by Crippen LogP contribution is -2.55. The van der Waals surface area contributed by atoms with Gasteiger partial charge in [0.25, 0.3) is 0 Å². The van der Waals surface area contributed by atoms with E-state index >= 15 is 0 Å². The van der Waals surface area contributed by atoms with E-state index in [4.69, 9.17) is 9.47 Å². The van der Waals surface area contributed by atoms with Crippen molar-refractivity contribution in [1.82, 2.24) is 10.2 Å². The van der Waals surface area contributed by atoms with E-state index in [0.29, 0.717) is 25.9 Å². The molecule has 0 unspecified atom stereocenters. The molecule has 0 radical (unpaired) electrons. The summed E-state index contributed by atoms with van der Waals surface area (Å²) < 4.78 is 11.0. The van der Waals surface area contributed by atoms with Crippen LogP contribution in [0.15, 0.2) is 30.3 Å². The van der Waals surface area contributed by atoms with Gasteiger partial charge in [-0.25, -0.2) is 9.59 Å². The standard InChI is InChI=1S/C24H40N2O5Si/c1-23(2,3)31-21(27)25-20-13-14-26(16-19(20)15-24(4,5)32(6,7)29)22(28)30-17-18-11-9-8-10-12-18/h8-12,19-20,29H,13-17H2,1-7H3,(H,25,27)/t19-,20-/m1/s1. The van der Waals surface area contributed by atoms with Crippen molar-refractivity contribution in [2.24, 2.45) is 5.92 Å². The normalized spacial score (nSPS) is 19.9. The van der Waals surface area contributed by atoms with Crippen LogP contribution in [0.4, 0.5) is 9.59 Å². The second-order valence-electron chi connectivity index (χ2n) is 10.9. The van der Waals surface area contributed by atoms with Crippen molar-refractivity contribution < 1.29 is 23.9 Å². The minimum absolute atomic E-state index is 0.0190. The molecule has 1 heterocycles. The Morgan fingerprint density at radius 2 is 1.78 bits per heavy atom. The zero-order valence-electron chi connectivity index (χ0n) is 20.6. The molecule has 2 N–H and O–H groups in total. The van der Waals surface area contributed by atoms with Crippen LogP contribution in [0.2, 0.25) is 18.1 Å². The molecule has 1 fully saturated rings. The van der Waals surface area contributed by atoms with E-state index in [2.05, 4.69) is 19.2 Å². The first-order valence-corrected chi connectivity index (χ1v) is 14.3. The number of nitrogens with zero attached hydrogens (tertiary/aromatic N) is 1. The molecule has 2 rings (SSSR count). The number of nitrogens with one attached hydrogen (secondary N) is 1. The van der Waals surface area contributed by atoms with Crippen molar-refractivity contribution in [2.45, 2.75) is 83.8 Å². The van der Waals surface area contributed by atoms with Crippen molar-refractivity contribution in [2.75, 3.05) is 13.1 Å². The monoisotopic (exact) mass is 464 g/mol. The molecule has 0 saturated carbocycles. The first-order valence-electron chi connectivity index (χ1n) is 11.4. The molecule has 8 heteroatoms. The number of benzene rings is 1. The van der Waals surface area contributed by atoms with Crippen LogP contribution in [0.25, 0.3) is 0 Å². The summed E-state index contributed by atoms with van der Waals surface area (Å²) in [4.78, 5) is 37.7. The molecule has 0 bridgehead atoms. The van der Waals surface area contributed by atoms with E-state index in [-0.39, 0.29) is 29.7 Å². The molecule has 2 atom stereocenters. The van der Waals surface area contributed by atoms with Gasteiger partial charge in [-0.1, -0.05) is 44.2 Å². The predicted molar refractivity (Wildman–Crippen MR) is 128 cm³/mol. The van der Waals surface area contributed by atoms with E-state index in [1.165, 1.54) is 0 Å². The average Bonchev–Trinajstić information content (AvgIpc) is 2.65. The molecule has 180 valence electrons. The zero-order valence-corrected chi connectivity index (χ0v) is 21.6. The molecule has 1 aromatic carbocycles. The second kappa shape index (κ2) is 10.3. The molecular weight excluding hydrogens is 424 g/mol. The Hall–Kier alpha value is -2.06. The quantitative estimate of drug-likeness (QED) is 0.584. The zero-order chi connectivity index (χ0) is 24.2. The topological polar surface area (TPSA) is 88.1 Å². The number of amides is 2. The highest BCUT2D eigenvalue weighted by molar-refractivity contribution is 6.72. The van der Waals surface area contributed by atoms with Crippen LogP contribution in [0, 0.1) is 5.92 Å². The maximum absolute atomic E-state index is 12.7. The Labute approximate surface area is 193 Å². The van der Waals surface area contributed by atoms with E-state index in [1.54, 1.807) is 4.90 Å².